The number of carboxylic acids is 1. The molecule has 1 aliphatic heterocycles. The number of nitrogens with zero attached hydrogens (tertiary/aromatic N) is 1. The first kappa shape index (κ1) is 19.6. The number of carbonyl (C=O) groups excluding carboxylic acids is 1. The molecule has 0 unspecified atom stereocenters. The lowest BCUT2D eigenvalue weighted by Gasteiger charge is -2.24. The number of aliphatic carboxylic acids is 1. The van der Waals surface area contributed by atoms with Crippen molar-refractivity contribution in [2.24, 2.45) is 0 Å². The predicted molar refractivity (Wildman–Crippen MR) is 103 cm³/mol. The molecular formula is C22H22N2O4. The number of hydrogen-bond donors (Lipinski definition) is 2. The van der Waals surface area contributed by atoms with Crippen molar-refractivity contribution in [3.63, 3.8) is 0 Å². The molecule has 0 radical (unpaired) electrons. The second kappa shape index (κ2) is 8.24. The zero-order valence-electron chi connectivity index (χ0n) is 15.6. The van der Waals surface area contributed by atoms with Gasteiger partial charge in [-0.1, -0.05) is 42.5 Å². The van der Waals surface area contributed by atoms with Crippen LogP contribution in [0, 0.1) is 11.3 Å². The van der Waals surface area contributed by atoms with E-state index < -0.39 is 23.5 Å². The number of benzene rings is 2. The van der Waals surface area contributed by atoms with Crippen LogP contribution in [0.25, 0.3) is 11.1 Å². The fourth-order valence-electron chi connectivity index (χ4n) is 3.36. The third-order valence-corrected chi connectivity index (χ3v) is 5.05. The SMILES string of the molecule is C[C@]1(C(=O)N[C@@H](Cc2ccc(-c3ccccc3C#N)cc2)C(=O)O)CCCO1. The standard InChI is InChI=1S/C22H22N2O4/c1-22(11-4-12-28-22)21(27)24-19(20(25)26)13-15-7-9-16(10-8-15)18-6-3-2-5-17(18)14-23/h2-3,5-10,19H,4,11-13H2,1H3,(H,24,27)(H,25,26)/t19-,22+/m0/s1. The summed E-state index contributed by atoms with van der Waals surface area (Å²) in [6, 6.07) is 15.8. The zero-order chi connectivity index (χ0) is 20.1. The molecule has 3 rings (SSSR count). The summed E-state index contributed by atoms with van der Waals surface area (Å²) < 4.78 is 5.49. The number of hydrogen-bond acceptors (Lipinski definition) is 4. The molecule has 1 saturated heterocycles. The van der Waals surface area contributed by atoms with Crippen molar-refractivity contribution in [3.05, 3.63) is 59.7 Å². The highest BCUT2D eigenvalue weighted by atomic mass is 16.5. The summed E-state index contributed by atoms with van der Waals surface area (Å²) >= 11 is 0. The molecule has 0 aromatic heterocycles. The van der Waals surface area contributed by atoms with Gasteiger partial charge in [-0.25, -0.2) is 4.79 Å². The van der Waals surface area contributed by atoms with Gasteiger partial charge in [0.25, 0.3) is 5.91 Å². The van der Waals surface area contributed by atoms with Gasteiger partial charge in [0.15, 0.2) is 0 Å². The number of nitrogens with one attached hydrogen (secondary N) is 1. The molecule has 6 nitrogen and oxygen atoms in total. The van der Waals surface area contributed by atoms with Crippen LogP contribution in [-0.2, 0) is 20.7 Å². The molecule has 6 heteroatoms. The molecule has 1 amide bonds. The third kappa shape index (κ3) is 4.21. The zero-order valence-corrected chi connectivity index (χ0v) is 15.6. The Balaban J connectivity index is 1.73. The van der Waals surface area contributed by atoms with E-state index in [9.17, 15) is 20.0 Å². The Labute approximate surface area is 163 Å². The molecule has 0 spiro atoms. The summed E-state index contributed by atoms with van der Waals surface area (Å²) in [5.41, 5.74) is 2.10. The van der Waals surface area contributed by atoms with Gasteiger partial charge in [0, 0.05) is 13.0 Å². The Hall–Kier alpha value is -3.17. The van der Waals surface area contributed by atoms with Crippen molar-refractivity contribution in [2.75, 3.05) is 6.61 Å². The van der Waals surface area contributed by atoms with Crippen LogP contribution in [0.4, 0.5) is 0 Å². The van der Waals surface area contributed by atoms with Crippen LogP contribution in [0.15, 0.2) is 48.5 Å². The first-order valence-electron chi connectivity index (χ1n) is 9.19. The van der Waals surface area contributed by atoms with Gasteiger partial charge in [0.1, 0.15) is 11.6 Å². The lowest BCUT2D eigenvalue weighted by molar-refractivity contribution is -0.147. The number of ether oxygens (including phenoxy) is 1. The minimum absolute atomic E-state index is 0.164. The van der Waals surface area contributed by atoms with E-state index in [2.05, 4.69) is 11.4 Å². The number of amides is 1. The van der Waals surface area contributed by atoms with Crippen LogP contribution in [-0.4, -0.2) is 35.2 Å². The maximum atomic E-state index is 12.5. The molecule has 2 N–H and O–H groups in total. The second-order valence-corrected chi connectivity index (χ2v) is 7.11. The highest BCUT2D eigenvalue weighted by Crippen LogP contribution is 2.26. The number of nitriles is 1. The normalized spacial score (nSPS) is 19.6. The Morgan fingerprint density at radius 1 is 1.25 bits per heavy atom. The minimum atomic E-state index is -1.09. The smallest absolute Gasteiger partial charge is 0.326 e. The van der Waals surface area contributed by atoms with E-state index in [0.29, 0.717) is 18.6 Å². The Kier molecular flexibility index (Phi) is 5.76. The molecule has 2 aromatic carbocycles. The van der Waals surface area contributed by atoms with Gasteiger partial charge in [-0.2, -0.15) is 5.26 Å². The van der Waals surface area contributed by atoms with E-state index >= 15 is 0 Å². The summed E-state index contributed by atoms with van der Waals surface area (Å²) in [7, 11) is 0. The first-order chi connectivity index (χ1) is 13.4. The molecular weight excluding hydrogens is 356 g/mol. The Morgan fingerprint density at radius 2 is 1.96 bits per heavy atom. The highest BCUT2D eigenvalue weighted by Gasteiger charge is 2.39. The van der Waals surface area contributed by atoms with Gasteiger partial charge in [0.2, 0.25) is 0 Å². The molecule has 0 aliphatic carbocycles. The van der Waals surface area contributed by atoms with Crippen molar-refractivity contribution in [1.82, 2.24) is 5.32 Å². The van der Waals surface area contributed by atoms with Gasteiger partial charge in [0.05, 0.1) is 11.6 Å². The van der Waals surface area contributed by atoms with E-state index in [4.69, 9.17) is 4.74 Å². The monoisotopic (exact) mass is 378 g/mol. The van der Waals surface area contributed by atoms with Crippen molar-refractivity contribution in [3.8, 4) is 17.2 Å². The molecule has 1 aliphatic rings. The highest BCUT2D eigenvalue weighted by molar-refractivity contribution is 5.89. The number of carbonyl (C=O) groups is 2. The fourth-order valence-corrected chi connectivity index (χ4v) is 3.36. The molecule has 2 aromatic rings. The van der Waals surface area contributed by atoms with Crippen LogP contribution in [0.2, 0.25) is 0 Å². The predicted octanol–water partition coefficient (Wildman–Crippen LogP) is 2.91. The average Bonchev–Trinajstić information content (AvgIpc) is 3.16. The van der Waals surface area contributed by atoms with Gasteiger partial charge in [-0.05, 0) is 42.5 Å². The molecule has 0 saturated carbocycles. The topological polar surface area (TPSA) is 99.4 Å². The summed E-state index contributed by atoms with van der Waals surface area (Å²) in [6.07, 6.45) is 1.53. The van der Waals surface area contributed by atoms with Crippen LogP contribution in [0.5, 0.6) is 0 Å². The Morgan fingerprint density at radius 3 is 2.57 bits per heavy atom. The maximum Gasteiger partial charge on any atom is 0.326 e. The van der Waals surface area contributed by atoms with Gasteiger partial charge in [-0.3, -0.25) is 4.79 Å². The molecule has 1 fully saturated rings. The van der Waals surface area contributed by atoms with Gasteiger partial charge >= 0.3 is 5.97 Å². The van der Waals surface area contributed by atoms with Crippen molar-refractivity contribution in [1.29, 1.82) is 5.26 Å². The van der Waals surface area contributed by atoms with Crippen molar-refractivity contribution in [2.45, 2.75) is 37.8 Å². The van der Waals surface area contributed by atoms with Gasteiger partial charge < -0.3 is 15.2 Å². The second-order valence-electron chi connectivity index (χ2n) is 7.11. The summed E-state index contributed by atoms with van der Waals surface area (Å²) in [4.78, 5) is 24.1. The molecule has 0 bridgehead atoms. The summed E-state index contributed by atoms with van der Waals surface area (Å²) in [5.74, 6) is -1.48. The van der Waals surface area contributed by atoms with Crippen LogP contribution >= 0.6 is 0 Å². The molecule has 1 heterocycles. The van der Waals surface area contributed by atoms with Crippen molar-refractivity contribution < 1.29 is 19.4 Å². The number of carboxylic acid groups (broad SMARTS) is 1. The molecule has 28 heavy (non-hydrogen) atoms. The average molecular weight is 378 g/mol. The van der Waals surface area contributed by atoms with E-state index in [-0.39, 0.29) is 6.42 Å². The van der Waals surface area contributed by atoms with E-state index in [0.717, 1.165) is 23.1 Å². The van der Waals surface area contributed by atoms with Crippen LogP contribution < -0.4 is 5.32 Å². The molecule has 2 atom stereocenters. The van der Waals surface area contributed by atoms with E-state index in [1.807, 2.05) is 42.5 Å². The van der Waals surface area contributed by atoms with Crippen LogP contribution in [0.1, 0.15) is 30.9 Å². The first-order valence-corrected chi connectivity index (χ1v) is 9.19. The molecule has 144 valence electrons. The quantitative estimate of drug-likeness (QED) is 0.805. The van der Waals surface area contributed by atoms with E-state index in [1.54, 1.807) is 13.0 Å². The summed E-state index contributed by atoms with van der Waals surface area (Å²) in [6.45, 7) is 2.20. The lowest BCUT2D eigenvalue weighted by atomic mass is 9.97. The van der Waals surface area contributed by atoms with Crippen LogP contribution in [0.3, 0.4) is 0 Å². The number of rotatable bonds is 6. The van der Waals surface area contributed by atoms with Gasteiger partial charge in [-0.15, -0.1) is 0 Å². The maximum absolute atomic E-state index is 12.5. The fraction of sp³-hybridized carbons (Fsp3) is 0.318. The third-order valence-electron chi connectivity index (χ3n) is 5.05. The summed E-state index contributed by atoms with van der Waals surface area (Å²) in [5, 5.41) is 21.4. The van der Waals surface area contributed by atoms with Crippen molar-refractivity contribution >= 4 is 11.9 Å². The van der Waals surface area contributed by atoms with E-state index in [1.165, 1.54) is 0 Å². The minimum Gasteiger partial charge on any atom is -0.480 e. The lowest BCUT2D eigenvalue weighted by Crippen LogP contribution is -2.51. The Bertz CT molecular complexity index is 909. The largest absolute Gasteiger partial charge is 0.480 e.